The molecule has 0 amide bonds. The summed E-state index contributed by atoms with van der Waals surface area (Å²) in [4.78, 5) is 43.1. The van der Waals surface area contributed by atoms with Crippen LogP contribution in [0.5, 0.6) is 0 Å². The number of hydrogen-bond acceptors (Lipinski definition) is 13. The van der Waals surface area contributed by atoms with Gasteiger partial charge in [-0.05, 0) is 57.5 Å². The molecule has 0 fully saturated rings. The Morgan fingerprint density at radius 1 is 0.500 bits per heavy atom. The fourth-order valence-corrected chi connectivity index (χ4v) is 7.15. The lowest BCUT2D eigenvalue weighted by Gasteiger charge is -2.33. The van der Waals surface area contributed by atoms with E-state index in [1.807, 2.05) is 85.1 Å². The average Bonchev–Trinajstić information content (AvgIpc) is 3.74. The molecule has 0 bridgehead atoms. The van der Waals surface area contributed by atoms with Gasteiger partial charge in [-0.15, -0.1) is 22.7 Å². The second kappa shape index (κ2) is 12.1. The lowest BCUT2D eigenvalue weighted by Crippen LogP contribution is -2.37. The van der Waals surface area contributed by atoms with Gasteiger partial charge in [0.15, 0.2) is 11.6 Å². The summed E-state index contributed by atoms with van der Waals surface area (Å²) in [5.74, 6) is 1.15. The van der Waals surface area contributed by atoms with Gasteiger partial charge in [0.1, 0.15) is 17.4 Å². The van der Waals surface area contributed by atoms with Crippen LogP contribution in [-0.2, 0) is 0 Å². The molecule has 0 aliphatic heterocycles. The van der Waals surface area contributed by atoms with Gasteiger partial charge in [-0.2, -0.15) is 10.0 Å². The highest BCUT2D eigenvalue weighted by atomic mass is 32.1. The van der Waals surface area contributed by atoms with Crippen molar-refractivity contribution in [2.45, 2.75) is 27.7 Å². The molecular formula is C35H27N11S2. The number of thiazole rings is 2. The van der Waals surface area contributed by atoms with Gasteiger partial charge in [-0.3, -0.25) is 4.98 Å². The zero-order chi connectivity index (χ0) is 32.8. The molecular weight excluding hydrogens is 639 g/mol. The van der Waals surface area contributed by atoms with E-state index in [1.54, 1.807) is 24.8 Å². The molecule has 0 unspecified atom stereocenters. The number of hydrazine groups is 1. The monoisotopic (exact) mass is 665 g/mol. The molecule has 0 spiro atoms. The van der Waals surface area contributed by atoms with Crippen LogP contribution >= 0.6 is 22.7 Å². The van der Waals surface area contributed by atoms with Crippen LogP contribution in [0.4, 0.5) is 21.9 Å². The third kappa shape index (κ3) is 5.28. The molecule has 8 heterocycles. The van der Waals surface area contributed by atoms with Crippen LogP contribution in [0.1, 0.15) is 22.8 Å². The van der Waals surface area contributed by atoms with E-state index in [1.165, 1.54) is 29.0 Å². The number of aryl methyl sites for hydroxylation is 4. The van der Waals surface area contributed by atoms with E-state index in [9.17, 15) is 0 Å². The summed E-state index contributed by atoms with van der Waals surface area (Å²) in [5.41, 5.74) is 8.52. The number of anilines is 4. The fraction of sp³-hybridized carbons (Fsp3) is 0.114. The summed E-state index contributed by atoms with van der Waals surface area (Å²) >= 11 is 3.01. The van der Waals surface area contributed by atoms with E-state index in [0.717, 1.165) is 55.8 Å². The van der Waals surface area contributed by atoms with Crippen molar-refractivity contribution < 1.29 is 0 Å². The maximum atomic E-state index is 5.13. The van der Waals surface area contributed by atoms with Gasteiger partial charge in [0.25, 0.3) is 0 Å². The third-order valence-electron chi connectivity index (χ3n) is 7.75. The SMILES string of the molecule is Cc1csc(N(c2ncc(-c3ccncc3)c3ccc(C)nc23)N(c2nc(C)cs2)c2ncc(-c3cncnc3)c3ccc(C)nc23)n1. The van der Waals surface area contributed by atoms with E-state index in [-0.39, 0.29) is 0 Å². The average molecular weight is 666 g/mol. The van der Waals surface area contributed by atoms with Gasteiger partial charge in [0.2, 0.25) is 10.3 Å². The van der Waals surface area contributed by atoms with Crippen LogP contribution in [0.25, 0.3) is 44.1 Å². The highest BCUT2D eigenvalue weighted by Crippen LogP contribution is 2.44. The number of pyridine rings is 5. The minimum Gasteiger partial charge on any atom is -0.265 e. The number of nitrogens with zero attached hydrogens (tertiary/aromatic N) is 11. The topological polar surface area (TPSA) is 122 Å². The Morgan fingerprint density at radius 3 is 1.48 bits per heavy atom. The fourth-order valence-electron chi connectivity index (χ4n) is 5.56. The predicted octanol–water partition coefficient (Wildman–Crippen LogP) is 8.13. The Balaban J connectivity index is 1.44. The van der Waals surface area contributed by atoms with E-state index in [4.69, 9.17) is 29.9 Å². The molecule has 0 aliphatic rings. The second-order valence-electron chi connectivity index (χ2n) is 11.2. The van der Waals surface area contributed by atoms with Crippen LogP contribution in [0.3, 0.4) is 0 Å². The second-order valence-corrected chi connectivity index (χ2v) is 12.9. The molecule has 0 saturated heterocycles. The summed E-state index contributed by atoms with van der Waals surface area (Å²) in [5, 5.41) is 11.2. The van der Waals surface area contributed by atoms with Crippen LogP contribution in [-0.4, -0.2) is 44.9 Å². The first-order valence-electron chi connectivity index (χ1n) is 15.1. The van der Waals surface area contributed by atoms with Crippen molar-refractivity contribution >= 4 is 66.4 Å². The molecule has 48 heavy (non-hydrogen) atoms. The maximum Gasteiger partial charge on any atom is 0.211 e. The molecule has 234 valence electrons. The van der Waals surface area contributed by atoms with Crippen molar-refractivity contribution in [3.63, 3.8) is 0 Å². The van der Waals surface area contributed by atoms with Gasteiger partial charge in [-0.25, -0.2) is 39.9 Å². The molecule has 0 aromatic carbocycles. The van der Waals surface area contributed by atoms with Gasteiger partial charge >= 0.3 is 0 Å². The van der Waals surface area contributed by atoms with Crippen LogP contribution in [0, 0.1) is 27.7 Å². The van der Waals surface area contributed by atoms with Gasteiger partial charge in [0, 0.05) is 86.8 Å². The van der Waals surface area contributed by atoms with Crippen LogP contribution < -0.4 is 10.0 Å². The molecule has 8 aromatic heterocycles. The quantitative estimate of drug-likeness (QED) is 0.153. The minimum atomic E-state index is 0.567. The smallest absolute Gasteiger partial charge is 0.211 e. The molecule has 11 nitrogen and oxygen atoms in total. The minimum absolute atomic E-state index is 0.567. The molecule has 13 heteroatoms. The van der Waals surface area contributed by atoms with Gasteiger partial charge < -0.3 is 0 Å². The molecule has 0 saturated carbocycles. The number of rotatable bonds is 7. The summed E-state index contributed by atoms with van der Waals surface area (Å²) in [6, 6.07) is 12.1. The predicted molar refractivity (Wildman–Crippen MR) is 191 cm³/mol. The van der Waals surface area contributed by atoms with E-state index in [0.29, 0.717) is 32.9 Å². The number of fused-ring (bicyclic) bond motifs is 2. The zero-order valence-corrected chi connectivity index (χ0v) is 28.0. The van der Waals surface area contributed by atoms with E-state index >= 15 is 0 Å². The largest absolute Gasteiger partial charge is 0.265 e. The van der Waals surface area contributed by atoms with Crippen molar-refractivity contribution in [2.24, 2.45) is 0 Å². The third-order valence-corrected chi connectivity index (χ3v) is 9.61. The highest BCUT2D eigenvalue weighted by Gasteiger charge is 2.32. The molecule has 8 rings (SSSR count). The van der Waals surface area contributed by atoms with E-state index in [2.05, 4.69) is 27.1 Å². The highest BCUT2D eigenvalue weighted by molar-refractivity contribution is 7.14. The van der Waals surface area contributed by atoms with Crippen molar-refractivity contribution in [3.05, 3.63) is 113 Å². The summed E-state index contributed by atoms with van der Waals surface area (Å²) in [6.45, 7) is 7.91. The first-order valence-corrected chi connectivity index (χ1v) is 16.8. The van der Waals surface area contributed by atoms with Gasteiger partial charge in [0.05, 0.1) is 11.4 Å². The molecule has 0 radical (unpaired) electrons. The van der Waals surface area contributed by atoms with Crippen molar-refractivity contribution in [2.75, 3.05) is 10.0 Å². The lowest BCUT2D eigenvalue weighted by atomic mass is 10.0. The number of aromatic nitrogens is 9. The molecule has 0 aliphatic carbocycles. The van der Waals surface area contributed by atoms with E-state index < -0.39 is 0 Å². The Labute approximate surface area is 283 Å². The van der Waals surface area contributed by atoms with Crippen LogP contribution in [0.2, 0.25) is 0 Å². The zero-order valence-electron chi connectivity index (χ0n) is 26.4. The summed E-state index contributed by atoms with van der Waals surface area (Å²) in [7, 11) is 0. The Hall–Kier alpha value is -5.79. The first kappa shape index (κ1) is 29.6. The summed E-state index contributed by atoms with van der Waals surface area (Å²) < 4.78 is 0. The Kier molecular flexibility index (Phi) is 7.46. The lowest BCUT2D eigenvalue weighted by molar-refractivity contribution is 0.923. The maximum absolute atomic E-state index is 5.13. The van der Waals surface area contributed by atoms with Crippen LogP contribution in [0.15, 0.2) is 90.7 Å². The molecule has 0 atom stereocenters. The molecule has 0 N–H and O–H groups in total. The van der Waals surface area contributed by atoms with Crippen molar-refractivity contribution in [1.29, 1.82) is 0 Å². The van der Waals surface area contributed by atoms with Gasteiger partial charge in [-0.1, -0.05) is 12.1 Å². The number of hydrogen-bond donors (Lipinski definition) is 0. The Bertz CT molecular complexity index is 2260. The Morgan fingerprint density at radius 2 is 1.00 bits per heavy atom. The normalized spacial score (nSPS) is 11.3. The van der Waals surface area contributed by atoms with Crippen molar-refractivity contribution in [1.82, 2.24) is 44.9 Å². The van der Waals surface area contributed by atoms with Crippen molar-refractivity contribution in [3.8, 4) is 22.3 Å². The molecule has 8 aromatic rings. The standard InChI is InChI=1S/C35H27N11S2/c1-20-5-7-26-28(24-9-11-36-12-10-24)15-39-32(30(26)41-20)45(34-43-22(3)17-47-34)46(35-44-23(4)18-48-35)33-31-27(8-6-21(2)42-31)29(16-40-33)25-13-37-19-38-14-25/h5-19H,1-4H3. The summed E-state index contributed by atoms with van der Waals surface area (Å²) in [6.07, 6.45) is 12.4. The first-order chi connectivity index (χ1) is 23.4.